The first kappa shape index (κ1) is 25.1. The van der Waals surface area contributed by atoms with E-state index in [1.54, 1.807) is 37.3 Å². The smallest absolute Gasteiger partial charge is 0.275 e. The molecule has 2 amide bonds. The number of amides is 2. The van der Waals surface area contributed by atoms with Crippen LogP contribution >= 0.6 is 0 Å². The van der Waals surface area contributed by atoms with Crippen LogP contribution in [0.25, 0.3) is 0 Å². The molecule has 1 aromatic carbocycles. The minimum atomic E-state index is -0.398. The summed E-state index contributed by atoms with van der Waals surface area (Å²) >= 11 is 0. The highest BCUT2D eigenvalue weighted by molar-refractivity contribution is 6.04. The van der Waals surface area contributed by atoms with E-state index in [9.17, 15) is 9.59 Å². The number of carbonyl (C=O) groups excluding carboxylic acids is 2. The second kappa shape index (κ2) is 11.1. The third-order valence-corrected chi connectivity index (χ3v) is 6.82. The normalized spacial score (nSPS) is 24.1. The van der Waals surface area contributed by atoms with Crippen molar-refractivity contribution in [3.8, 4) is 5.75 Å². The van der Waals surface area contributed by atoms with Crippen LogP contribution in [0.5, 0.6) is 5.75 Å². The minimum absolute atomic E-state index is 0.0961. The van der Waals surface area contributed by atoms with Gasteiger partial charge in [0.05, 0.1) is 17.9 Å². The topological polar surface area (TPSA) is 96.9 Å². The molecule has 35 heavy (non-hydrogen) atoms. The van der Waals surface area contributed by atoms with Gasteiger partial charge in [-0.1, -0.05) is 6.92 Å². The maximum absolute atomic E-state index is 13.5. The number of fused-ring (bicyclic) bond motifs is 1. The molecule has 1 aliphatic heterocycles. The summed E-state index contributed by atoms with van der Waals surface area (Å²) in [5.74, 6) is 0.919. The summed E-state index contributed by atoms with van der Waals surface area (Å²) in [6, 6.07) is 5.32. The van der Waals surface area contributed by atoms with E-state index in [1.807, 2.05) is 0 Å². The van der Waals surface area contributed by atoms with Gasteiger partial charge in [0, 0.05) is 57.9 Å². The Balaban J connectivity index is 1.60. The van der Waals surface area contributed by atoms with Crippen LogP contribution in [0, 0.1) is 11.8 Å². The largest absolute Gasteiger partial charge is 0.491 e. The van der Waals surface area contributed by atoms with Crippen LogP contribution < -0.4 is 10.1 Å². The molecule has 4 rings (SSSR count). The summed E-state index contributed by atoms with van der Waals surface area (Å²) in [6.07, 6.45) is 6.84. The number of carbonyl (C=O) groups is 2. The van der Waals surface area contributed by atoms with Gasteiger partial charge < -0.3 is 19.7 Å². The zero-order valence-corrected chi connectivity index (χ0v) is 20.9. The molecule has 0 spiro atoms. The van der Waals surface area contributed by atoms with Crippen molar-refractivity contribution in [3.05, 3.63) is 48.0 Å². The lowest BCUT2D eigenvalue weighted by Gasteiger charge is -2.36. The second-order valence-electron chi connectivity index (χ2n) is 9.75. The highest BCUT2D eigenvalue weighted by atomic mass is 16.5. The molecule has 0 unspecified atom stereocenters. The van der Waals surface area contributed by atoms with Gasteiger partial charge in [0.15, 0.2) is 0 Å². The van der Waals surface area contributed by atoms with Crippen LogP contribution in [0.4, 0.5) is 5.69 Å². The maximum atomic E-state index is 13.5. The molecule has 9 nitrogen and oxygen atoms in total. The van der Waals surface area contributed by atoms with E-state index in [4.69, 9.17) is 9.47 Å². The summed E-state index contributed by atoms with van der Waals surface area (Å²) in [6.45, 7) is 7.22. The fourth-order valence-electron chi connectivity index (χ4n) is 4.43. The van der Waals surface area contributed by atoms with Crippen LogP contribution in [0.2, 0.25) is 0 Å². The summed E-state index contributed by atoms with van der Waals surface area (Å²) < 4.78 is 12.0. The number of benzene rings is 1. The van der Waals surface area contributed by atoms with Crippen molar-refractivity contribution in [3.63, 3.8) is 0 Å². The Kier molecular flexibility index (Phi) is 7.97. The van der Waals surface area contributed by atoms with Crippen molar-refractivity contribution in [1.82, 2.24) is 19.8 Å². The fourth-order valence-corrected chi connectivity index (χ4v) is 4.43. The Morgan fingerprint density at radius 2 is 2.03 bits per heavy atom. The molecule has 1 aromatic heterocycles. The van der Waals surface area contributed by atoms with Gasteiger partial charge >= 0.3 is 0 Å². The zero-order chi connectivity index (χ0) is 24.9. The van der Waals surface area contributed by atoms with Crippen molar-refractivity contribution in [2.45, 2.75) is 38.8 Å². The van der Waals surface area contributed by atoms with Crippen molar-refractivity contribution in [2.75, 3.05) is 45.7 Å². The van der Waals surface area contributed by atoms with Crippen molar-refractivity contribution >= 4 is 17.5 Å². The van der Waals surface area contributed by atoms with E-state index in [2.05, 4.69) is 34.0 Å². The zero-order valence-electron chi connectivity index (χ0n) is 20.9. The van der Waals surface area contributed by atoms with E-state index < -0.39 is 5.91 Å². The van der Waals surface area contributed by atoms with Crippen LogP contribution in [0.1, 0.15) is 47.5 Å². The molecule has 0 bridgehead atoms. The molecule has 0 saturated heterocycles. The van der Waals surface area contributed by atoms with Crippen molar-refractivity contribution in [2.24, 2.45) is 11.8 Å². The summed E-state index contributed by atoms with van der Waals surface area (Å²) in [4.78, 5) is 38.2. The number of likely N-dealkylation sites (N-methyl/N-ethyl adjacent to an activating group) is 1. The first-order chi connectivity index (χ1) is 16.9. The number of hydrogen-bond acceptors (Lipinski definition) is 7. The first-order valence-corrected chi connectivity index (χ1v) is 12.2. The number of hydrogen-bond donors (Lipinski definition) is 1. The standard InChI is InChI=1S/C26H35N5O4/c1-17-13-31(14-19-5-6-19)18(2)16-35-23-8-7-20(29-25(32)22-12-27-9-10-28-22)11-21(23)26(33)30(3)15-24(17)34-4/h7-12,17-19,24H,5-6,13-16H2,1-4H3,(H,29,32)/t17-,18+,24+/m0/s1. The Bertz CT molecular complexity index is 1030. The molecule has 2 aliphatic rings. The number of nitrogens with zero attached hydrogens (tertiary/aromatic N) is 4. The quantitative estimate of drug-likeness (QED) is 0.701. The van der Waals surface area contributed by atoms with Crippen molar-refractivity contribution in [1.29, 1.82) is 0 Å². The minimum Gasteiger partial charge on any atom is -0.491 e. The molecule has 1 saturated carbocycles. The number of rotatable bonds is 5. The van der Waals surface area contributed by atoms with Gasteiger partial charge in [-0.3, -0.25) is 19.5 Å². The van der Waals surface area contributed by atoms with E-state index in [0.717, 1.165) is 19.0 Å². The highest BCUT2D eigenvalue weighted by Crippen LogP contribution is 2.32. The Morgan fingerprint density at radius 1 is 1.23 bits per heavy atom. The summed E-state index contributed by atoms with van der Waals surface area (Å²) in [5, 5.41) is 2.80. The molecule has 2 heterocycles. The van der Waals surface area contributed by atoms with Gasteiger partial charge in [-0.15, -0.1) is 0 Å². The van der Waals surface area contributed by atoms with Crippen LogP contribution in [-0.2, 0) is 4.74 Å². The molecule has 1 aliphatic carbocycles. The van der Waals surface area contributed by atoms with E-state index in [1.165, 1.54) is 31.4 Å². The highest BCUT2D eigenvalue weighted by Gasteiger charge is 2.31. The van der Waals surface area contributed by atoms with E-state index >= 15 is 0 Å². The number of methoxy groups -OCH3 is 1. The molecule has 3 atom stereocenters. The number of ether oxygens (including phenoxy) is 2. The van der Waals surface area contributed by atoms with E-state index in [0.29, 0.717) is 30.2 Å². The van der Waals surface area contributed by atoms with Gasteiger partial charge in [0.25, 0.3) is 11.8 Å². The van der Waals surface area contributed by atoms with Gasteiger partial charge in [0.1, 0.15) is 18.1 Å². The first-order valence-electron chi connectivity index (χ1n) is 12.2. The summed E-state index contributed by atoms with van der Waals surface area (Å²) in [5.41, 5.74) is 1.08. The molecule has 1 N–H and O–H groups in total. The monoisotopic (exact) mass is 481 g/mol. The van der Waals surface area contributed by atoms with E-state index in [-0.39, 0.29) is 29.7 Å². The van der Waals surface area contributed by atoms with Crippen LogP contribution in [-0.4, -0.2) is 84.1 Å². The lowest BCUT2D eigenvalue weighted by atomic mass is 10.0. The van der Waals surface area contributed by atoms with Crippen LogP contribution in [0.3, 0.4) is 0 Å². The predicted molar refractivity (Wildman–Crippen MR) is 133 cm³/mol. The third-order valence-electron chi connectivity index (χ3n) is 6.82. The average molecular weight is 482 g/mol. The predicted octanol–water partition coefficient (Wildman–Crippen LogP) is 2.94. The van der Waals surface area contributed by atoms with Gasteiger partial charge in [0.2, 0.25) is 0 Å². The average Bonchev–Trinajstić information content (AvgIpc) is 3.69. The lowest BCUT2D eigenvalue weighted by Crippen LogP contribution is -2.47. The molecular formula is C26H35N5O4. The van der Waals surface area contributed by atoms with Gasteiger partial charge in [-0.2, -0.15) is 0 Å². The van der Waals surface area contributed by atoms with Crippen LogP contribution in [0.15, 0.2) is 36.8 Å². The second-order valence-corrected chi connectivity index (χ2v) is 9.75. The Morgan fingerprint density at radius 3 is 2.71 bits per heavy atom. The molecule has 188 valence electrons. The molecule has 9 heteroatoms. The van der Waals surface area contributed by atoms with Crippen molar-refractivity contribution < 1.29 is 19.1 Å². The fraction of sp³-hybridized carbons (Fsp3) is 0.538. The van der Waals surface area contributed by atoms with Gasteiger partial charge in [-0.25, -0.2) is 4.98 Å². The molecular weight excluding hydrogens is 446 g/mol. The SMILES string of the molecule is CO[C@@H]1CN(C)C(=O)c2cc(NC(=O)c3cnccn3)ccc2OC[C@@H](C)N(CC2CC2)C[C@@H]1C. The molecule has 0 radical (unpaired) electrons. The third kappa shape index (κ3) is 6.35. The molecule has 2 aromatic rings. The molecule has 1 fully saturated rings. The number of anilines is 1. The van der Waals surface area contributed by atoms with Gasteiger partial charge in [-0.05, 0) is 49.8 Å². The Labute approximate surface area is 206 Å². The summed E-state index contributed by atoms with van der Waals surface area (Å²) in [7, 11) is 3.48. The lowest BCUT2D eigenvalue weighted by molar-refractivity contribution is 0.00994. The number of aromatic nitrogens is 2. The maximum Gasteiger partial charge on any atom is 0.275 e. The number of nitrogens with one attached hydrogen (secondary N) is 1. The Hall–Kier alpha value is -3.04.